The molecule has 4 rings (SSSR count). The van der Waals surface area contributed by atoms with E-state index < -0.39 is 0 Å². The van der Waals surface area contributed by atoms with Crippen molar-refractivity contribution in [3.8, 4) is 0 Å². The Morgan fingerprint density at radius 2 is 1.90 bits per heavy atom. The van der Waals surface area contributed by atoms with E-state index in [0.717, 1.165) is 34.7 Å². The summed E-state index contributed by atoms with van der Waals surface area (Å²) in [6.07, 6.45) is 2.45. The summed E-state index contributed by atoms with van der Waals surface area (Å²) in [4.78, 5) is 28.3. The standard InChI is InChI=1S/C24H25N3O3/c1-18(28)27-12-11-20-14-21(9-10-23(20)27)25-24(29)17-26(16-22-8-5-13-30-22)15-19-6-3-2-4-7-19/h2-10,13-14H,11-12,15-17H2,1H3,(H,25,29). The lowest BCUT2D eigenvalue weighted by Crippen LogP contribution is -2.32. The number of amides is 2. The summed E-state index contributed by atoms with van der Waals surface area (Å²) in [5, 5.41) is 3.00. The predicted octanol–water partition coefficient (Wildman–Crippen LogP) is 3.83. The molecule has 0 unspecified atom stereocenters. The van der Waals surface area contributed by atoms with E-state index in [1.165, 1.54) is 0 Å². The third-order valence-corrected chi connectivity index (χ3v) is 5.21. The molecule has 0 spiro atoms. The van der Waals surface area contributed by atoms with Crippen LogP contribution in [0.3, 0.4) is 0 Å². The molecule has 1 aliphatic rings. The number of nitrogens with zero attached hydrogens (tertiary/aromatic N) is 2. The number of nitrogens with one attached hydrogen (secondary N) is 1. The number of hydrogen-bond acceptors (Lipinski definition) is 4. The van der Waals surface area contributed by atoms with Crippen molar-refractivity contribution in [3.63, 3.8) is 0 Å². The van der Waals surface area contributed by atoms with Gasteiger partial charge in [0.2, 0.25) is 11.8 Å². The molecule has 2 aromatic carbocycles. The maximum atomic E-state index is 12.8. The van der Waals surface area contributed by atoms with Crippen LogP contribution in [0.1, 0.15) is 23.8 Å². The summed E-state index contributed by atoms with van der Waals surface area (Å²) in [7, 11) is 0. The second-order valence-electron chi connectivity index (χ2n) is 7.52. The quantitative estimate of drug-likeness (QED) is 0.651. The third kappa shape index (κ3) is 4.78. The molecule has 154 valence electrons. The van der Waals surface area contributed by atoms with Crippen molar-refractivity contribution in [2.24, 2.45) is 0 Å². The Bertz CT molecular complexity index is 1020. The van der Waals surface area contributed by atoms with Crippen LogP contribution in [0.5, 0.6) is 0 Å². The molecule has 30 heavy (non-hydrogen) atoms. The number of carbonyl (C=O) groups excluding carboxylic acids is 2. The zero-order valence-electron chi connectivity index (χ0n) is 17.0. The highest BCUT2D eigenvalue weighted by atomic mass is 16.3. The van der Waals surface area contributed by atoms with Gasteiger partial charge in [-0.3, -0.25) is 14.5 Å². The summed E-state index contributed by atoms with van der Waals surface area (Å²) in [6, 6.07) is 19.6. The minimum Gasteiger partial charge on any atom is -0.468 e. The van der Waals surface area contributed by atoms with E-state index in [1.54, 1.807) is 18.1 Å². The van der Waals surface area contributed by atoms with Crippen LogP contribution in [0.15, 0.2) is 71.3 Å². The summed E-state index contributed by atoms with van der Waals surface area (Å²) in [5.41, 5.74) is 3.91. The number of rotatable bonds is 7. The average Bonchev–Trinajstić information content (AvgIpc) is 3.38. The summed E-state index contributed by atoms with van der Waals surface area (Å²) in [5.74, 6) is 0.777. The van der Waals surface area contributed by atoms with E-state index >= 15 is 0 Å². The Morgan fingerprint density at radius 1 is 1.07 bits per heavy atom. The van der Waals surface area contributed by atoms with Gasteiger partial charge in [0.1, 0.15) is 5.76 Å². The fourth-order valence-corrected chi connectivity index (χ4v) is 3.84. The number of anilines is 2. The second-order valence-corrected chi connectivity index (χ2v) is 7.52. The number of hydrogen-bond donors (Lipinski definition) is 1. The lowest BCUT2D eigenvalue weighted by molar-refractivity contribution is -0.118. The Hall–Kier alpha value is -3.38. The summed E-state index contributed by atoms with van der Waals surface area (Å²) < 4.78 is 5.48. The van der Waals surface area contributed by atoms with Crippen LogP contribution in [0.25, 0.3) is 0 Å². The van der Waals surface area contributed by atoms with Crippen molar-refractivity contribution in [3.05, 3.63) is 83.8 Å². The first-order valence-electron chi connectivity index (χ1n) is 10.1. The molecule has 3 aromatic rings. The summed E-state index contributed by atoms with van der Waals surface area (Å²) in [6.45, 7) is 3.70. The van der Waals surface area contributed by atoms with E-state index in [-0.39, 0.29) is 18.4 Å². The van der Waals surface area contributed by atoms with Crippen LogP contribution in [-0.4, -0.2) is 29.8 Å². The van der Waals surface area contributed by atoms with E-state index in [4.69, 9.17) is 4.42 Å². The van der Waals surface area contributed by atoms with Gasteiger partial charge in [-0.2, -0.15) is 0 Å². The van der Waals surface area contributed by atoms with E-state index in [2.05, 4.69) is 5.32 Å². The first kappa shape index (κ1) is 19.9. The van der Waals surface area contributed by atoms with E-state index in [1.807, 2.05) is 65.6 Å². The van der Waals surface area contributed by atoms with Gasteiger partial charge in [0.25, 0.3) is 0 Å². The SMILES string of the molecule is CC(=O)N1CCc2cc(NC(=O)CN(Cc3ccccc3)Cc3ccco3)ccc21. The Kier molecular flexibility index (Phi) is 5.95. The molecule has 0 bridgehead atoms. The van der Waals surface area contributed by atoms with Crippen LogP contribution < -0.4 is 10.2 Å². The predicted molar refractivity (Wildman–Crippen MR) is 116 cm³/mol. The number of carbonyl (C=O) groups is 2. The smallest absolute Gasteiger partial charge is 0.238 e. The Balaban J connectivity index is 1.43. The Morgan fingerprint density at radius 3 is 2.63 bits per heavy atom. The van der Waals surface area contributed by atoms with Gasteiger partial charge in [0, 0.05) is 31.4 Å². The maximum absolute atomic E-state index is 12.8. The minimum absolute atomic E-state index is 0.0417. The monoisotopic (exact) mass is 403 g/mol. The van der Waals surface area contributed by atoms with E-state index in [9.17, 15) is 9.59 Å². The maximum Gasteiger partial charge on any atom is 0.238 e. The lowest BCUT2D eigenvalue weighted by atomic mass is 10.1. The molecule has 1 N–H and O–H groups in total. The largest absolute Gasteiger partial charge is 0.468 e. The van der Waals surface area contributed by atoms with Gasteiger partial charge in [-0.15, -0.1) is 0 Å². The molecule has 6 heteroatoms. The van der Waals surface area contributed by atoms with Gasteiger partial charge in [-0.1, -0.05) is 30.3 Å². The van der Waals surface area contributed by atoms with Crippen molar-refractivity contribution in [2.75, 3.05) is 23.3 Å². The molecule has 0 saturated carbocycles. The molecule has 2 amide bonds. The van der Waals surface area contributed by atoms with Crippen molar-refractivity contribution in [1.82, 2.24) is 4.90 Å². The van der Waals surface area contributed by atoms with Crippen molar-refractivity contribution in [2.45, 2.75) is 26.4 Å². The third-order valence-electron chi connectivity index (χ3n) is 5.21. The highest BCUT2D eigenvalue weighted by Crippen LogP contribution is 2.30. The molecule has 1 aromatic heterocycles. The molecular weight excluding hydrogens is 378 g/mol. The molecule has 6 nitrogen and oxygen atoms in total. The van der Waals surface area contributed by atoms with Crippen molar-refractivity contribution >= 4 is 23.2 Å². The molecule has 0 radical (unpaired) electrons. The first-order valence-corrected chi connectivity index (χ1v) is 10.1. The van der Waals surface area contributed by atoms with Crippen molar-refractivity contribution < 1.29 is 14.0 Å². The fourth-order valence-electron chi connectivity index (χ4n) is 3.84. The topological polar surface area (TPSA) is 65.8 Å². The fraction of sp³-hybridized carbons (Fsp3) is 0.250. The molecular formula is C24H25N3O3. The van der Waals surface area contributed by atoms with Gasteiger partial charge in [-0.25, -0.2) is 0 Å². The zero-order valence-corrected chi connectivity index (χ0v) is 17.0. The molecule has 2 heterocycles. The molecule has 1 aliphatic heterocycles. The minimum atomic E-state index is -0.0844. The number of furan rings is 1. The van der Waals surface area contributed by atoms with E-state index in [0.29, 0.717) is 19.6 Å². The first-order chi connectivity index (χ1) is 14.6. The number of benzene rings is 2. The average molecular weight is 403 g/mol. The second kappa shape index (κ2) is 8.97. The highest BCUT2D eigenvalue weighted by molar-refractivity contribution is 5.96. The summed E-state index contributed by atoms with van der Waals surface area (Å²) >= 11 is 0. The van der Waals surface area contributed by atoms with Gasteiger partial charge < -0.3 is 14.6 Å². The molecule has 0 saturated heterocycles. The van der Waals surface area contributed by atoms with Gasteiger partial charge in [-0.05, 0) is 47.9 Å². The van der Waals surface area contributed by atoms with Crippen LogP contribution in [0.2, 0.25) is 0 Å². The van der Waals surface area contributed by atoms with Gasteiger partial charge >= 0.3 is 0 Å². The number of fused-ring (bicyclic) bond motifs is 1. The molecule has 0 aliphatic carbocycles. The Labute approximate surface area is 176 Å². The van der Waals surface area contributed by atoms with Gasteiger partial charge in [0.05, 0.1) is 19.4 Å². The van der Waals surface area contributed by atoms with Crippen LogP contribution in [-0.2, 0) is 29.1 Å². The van der Waals surface area contributed by atoms with Crippen LogP contribution in [0.4, 0.5) is 11.4 Å². The zero-order chi connectivity index (χ0) is 20.9. The normalized spacial score (nSPS) is 12.8. The molecule has 0 fully saturated rings. The van der Waals surface area contributed by atoms with Crippen LogP contribution in [0, 0.1) is 0 Å². The highest BCUT2D eigenvalue weighted by Gasteiger charge is 2.22. The van der Waals surface area contributed by atoms with Crippen LogP contribution >= 0.6 is 0 Å². The van der Waals surface area contributed by atoms with Crippen molar-refractivity contribution in [1.29, 1.82) is 0 Å². The van der Waals surface area contributed by atoms with Gasteiger partial charge in [0.15, 0.2) is 0 Å². The lowest BCUT2D eigenvalue weighted by Gasteiger charge is -2.21. The molecule has 0 atom stereocenters.